The van der Waals surface area contributed by atoms with Gasteiger partial charge in [-0.1, -0.05) is 43.0 Å². The predicted molar refractivity (Wildman–Crippen MR) is 78.7 cm³/mol. The van der Waals surface area contributed by atoms with E-state index in [0.717, 1.165) is 17.8 Å². The number of rotatable bonds is 3. The summed E-state index contributed by atoms with van der Waals surface area (Å²) < 4.78 is 0. The van der Waals surface area contributed by atoms with Crippen LogP contribution in [0.2, 0.25) is 0 Å². The summed E-state index contributed by atoms with van der Waals surface area (Å²) in [4.78, 5) is 4.39. The Balaban J connectivity index is 2.18. The summed E-state index contributed by atoms with van der Waals surface area (Å²) in [6.07, 6.45) is 18.1. The minimum absolute atomic E-state index is 0.370. The van der Waals surface area contributed by atoms with Crippen molar-refractivity contribution in [1.82, 2.24) is 5.32 Å². The fourth-order valence-corrected chi connectivity index (χ4v) is 1.88. The van der Waals surface area contributed by atoms with Crippen LogP contribution in [0.5, 0.6) is 0 Å². The Bertz CT molecular complexity index is 499. The van der Waals surface area contributed by atoms with Gasteiger partial charge in [0, 0.05) is 23.5 Å². The SMILES string of the molecule is C=C/C=C\C=C1\C=C(C2=CC=CC(C)N2)C=NC1. The van der Waals surface area contributed by atoms with Gasteiger partial charge in [0.05, 0.1) is 6.54 Å². The quantitative estimate of drug-likeness (QED) is 0.751. The highest BCUT2D eigenvalue weighted by Gasteiger charge is 2.10. The number of dihydropyridines is 2. The minimum Gasteiger partial charge on any atom is -0.379 e. The molecule has 0 saturated heterocycles. The highest BCUT2D eigenvalue weighted by atomic mass is 14.9. The zero-order valence-corrected chi connectivity index (χ0v) is 10.6. The summed E-state index contributed by atoms with van der Waals surface area (Å²) in [7, 11) is 0. The molecule has 0 fully saturated rings. The lowest BCUT2D eigenvalue weighted by atomic mass is 10.0. The van der Waals surface area contributed by atoms with Crippen molar-refractivity contribution < 1.29 is 0 Å². The third kappa shape index (κ3) is 3.20. The van der Waals surface area contributed by atoms with Gasteiger partial charge in [0.1, 0.15) is 0 Å². The van der Waals surface area contributed by atoms with Gasteiger partial charge < -0.3 is 5.32 Å². The largest absolute Gasteiger partial charge is 0.379 e. The zero-order valence-electron chi connectivity index (χ0n) is 10.6. The summed E-state index contributed by atoms with van der Waals surface area (Å²) >= 11 is 0. The van der Waals surface area contributed by atoms with Crippen LogP contribution in [0.3, 0.4) is 0 Å². The zero-order chi connectivity index (χ0) is 12.8. The highest BCUT2D eigenvalue weighted by Crippen LogP contribution is 2.16. The lowest BCUT2D eigenvalue weighted by Gasteiger charge is -2.20. The fourth-order valence-electron chi connectivity index (χ4n) is 1.88. The molecule has 2 aliphatic heterocycles. The third-order valence-corrected chi connectivity index (χ3v) is 2.76. The first-order valence-corrected chi connectivity index (χ1v) is 6.15. The first-order valence-electron chi connectivity index (χ1n) is 6.15. The molecular formula is C16H18N2. The normalized spacial score (nSPS) is 24.9. The Labute approximate surface area is 109 Å². The van der Waals surface area contributed by atoms with Crippen LogP contribution in [0, 0.1) is 0 Å². The molecule has 0 aromatic rings. The minimum atomic E-state index is 0.370. The second-order valence-corrected chi connectivity index (χ2v) is 4.33. The second-order valence-electron chi connectivity index (χ2n) is 4.33. The molecule has 1 unspecified atom stereocenters. The molecule has 0 aromatic carbocycles. The monoisotopic (exact) mass is 238 g/mol. The van der Waals surface area contributed by atoms with Crippen molar-refractivity contribution in [2.45, 2.75) is 13.0 Å². The van der Waals surface area contributed by atoms with E-state index in [0.29, 0.717) is 6.04 Å². The summed E-state index contributed by atoms with van der Waals surface area (Å²) in [5.41, 5.74) is 3.47. The van der Waals surface area contributed by atoms with E-state index >= 15 is 0 Å². The van der Waals surface area contributed by atoms with Crippen LogP contribution in [0.1, 0.15) is 6.92 Å². The molecule has 0 aromatic heterocycles. The predicted octanol–water partition coefficient (Wildman–Crippen LogP) is 3.10. The average molecular weight is 238 g/mol. The van der Waals surface area contributed by atoms with E-state index in [2.05, 4.69) is 54.2 Å². The number of hydrogen-bond donors (Lipinski definition) is 1. The van der Waals surface area contributed by atoms with Crippen molar-refractivity contribution in [2.75, 3.05) is 6.54 Å². The molecule has 0 aliphatic carbocycles. The number of nitrogens with zero attached hydrogens (tertiary/aromatic N) is 1. The van der Waals surface area contributed by atoms with E-state index in [-0.39, 0.29) is 0 Å². The molecule has 2 heteroatoms. The van der Waals surface area contributed by atoms with Crippen molar-refractivity contribution in [3.63, 3.8) is 0 Å². The van der Waals surface area contributed by atoms with Gasteiger partial charge in [-0.05, 0) is 24.6 Å². The fraction of sp³-hybridized carbons (Fsp3) is 0.188. The molecule has 0 spiro atoms. The van der Waals surface area contributed by atoms with E-state index < -0.39 is 0 Å². The van der Waals surface area contributed by atoms with Crippen LogP contribution >= 0.6 is 0 Å². The van der Waals surface area contributed by atoms with Crippen molar-refractivity contribution >= 4 is 6.21 Å². The number of nitrogens with one attached hydrogen (secondary N) is 1. The van der Waals surface area contributed by atoms with Gasteiger partial charge in [0.2, 0.25) is 0 Å². The van der Waals surface area contributed by atoms with Gasteiger partial charge >= 0.3 is 0 Å². The summed E-state index contributed by atoms with van der Waals surface area (Å²) in [6, 6.07) is 0.370. The molecule has 2 rings (SSSR count). The first-order chi connectivity index (χ1) is 8.79. The van der Waals surface area contributed by atoms with Crippen LogP contribution in [0.4, 0.5) is 0 Å². The van der Waals surface area contributed by atoms with Crippen molar-refractivity contribution in [3.8, 4) is 0 Å². The molecule has 2 aliphatic rings. The van der Waals surface area contributed by atoms with E-state index in [1.54, 1.807) is 6.08 Å². The number of hydrogen-bond acceptors (Lipinski definition) is 2. The van der Waals surface area contributed by atoms with Crippen molar-refractivity contribution in [3.05, 3.63) is 72.0 Å². The maximum Gasteiger partial charge on any atom is 0.0640 e. The molecule has 18 heavy (non-hydrogen) atoms. The maximum atomic E-state index is 4.39. The van der Waals surface area contributed by atoms with Crippen LogP contribution in [-0.2, 0) is 0 Å². The van der Waals surface area contributed by atoms with E-state index in [1.165, 1.54) is 5.57 Å². The van der Waals surface area contributed by atoms with Gasteiger partial charge in [0.25, 0.3) is 0 Å². The Kier molecular flexibility index (Phi) is 4.13. The van der Waals surface area contributed by atoms with Gasteiger partial charge in [0.15, 0.2) is 0 Å². The van der Waals surface area contributed by atoms with Gasteiger partial charge in [-0.3, -0.25) is 4.99 Å². The standard InChI is InChI=1S/C16H18N2/c1-3-4-5-8-14-10-15(12-17-11-14)16-9-6-7-13(2)18-16/h3-10,12-13,18H,1,11H2,2H3/b5-4-,14-8-. The Hall–Kier alpha value is -2.09. The van der Waals surface area contributed by atoms with Crippen LogP contribution in [0.15, 0.2) is 77.0 Å². The molecule has 0 radical (unpaired) electrons. The lowest BCUT2D eigenvalue weighted by molar-refractivity contribution is 0.729. The summed E-state index contributed by atoms with van der Waals surface area (Å²) in [6.45, 7) is 6.52. The highest BCUT2D eigenvalue weighted by molar-refractivity contribution is 5.87. The Morgan fingerprint density at radius 3 is 3.11 bits per heavy atom. The van der Waals surface area contributed by atoms with Gasteiger partial charge in [-0.2, -0.15) is 0 Å². The lowest BCUT2D eigenvalue weighted by Crippen LogP contribution is -2.27. The third-order valence-electron chi connectivity index (χ3n) is 2.76. The van der Waals surface area contributed by atoms with E-state index in [1.807, 2.05) is 18.4 Å². The number of allylic oxidation sites excluding steroid dienone is 7. The Morgan fingerprint density at radius 2 is 2.33 bits per heavy atom. The van der Waals surface area contributed by atoms with Crippen LogP contribution in [0.25, 0.3) is 0 Å². The van der Waals surface area contributed by atoms with Gasteiger partial charge in [-0.15, -0.1) is 0 Å². The van der Waals surface area contributed by atoms with Crippen LogP contribution in [-0.4, -0.2) is 18.8 Å². The average Bonchev–Trinajstić information content (AvgIpc) is 2.39. The summed E-state index contributed by atoms with van der Waals surface area (Å²) in [5.74, 6) is 0. The van der Waals surface area contributed by atoms with Gasteiger partial charge in [-0.25, -0.2) is 0 Å². The molecule has 0 amide bonds. The molecule has 1 atom stereocenters. The smallest absolute Gasteiger partial charge is 0.0640 e. The van der Waals surface area contributed by atoms with Crippen molar-refractivity contribution in [1.29, 1.82) is 0 Å². The van der Waals surface area contributed by atoms with E-state index in [4.69, 9.17) is 0 Å². The first kappa shape index (κ1) is 12.4. The molecule has 0 bridgehead atoms. The molecule has 0 saturated carbocycles. The number of aliphatic imine (C=N–C) groups is 1. The maximum absolute atomic E-state index is 4.39. The topological polar surface area (TPSA) is 24.4 Å². The van der Waals surface area contributed by atoms with E-state index in [9.17, 15) is 0 Å². The Morgan fingerprint density at radius 1 is 1.44 bits per heavy atom. The van der Waals surface area contributed by atoms with Crippen molar-refractivity contribution in [2.24, 2.45) is 4.99 Å². The molecule has 2 nitrogen and oxygen atoms in total. The second kappa shape index (κ2) is 6.01. The molecule has 2 heterocycles. The molecule has 92 valence electrons. The molecular weight excluding hydrogens is 220 g/mol. The van der Waals surface area contributed by atoms with Crippen LogP contribution < -0.4 is 5.32 Å². The summed E-state index contributed by atoms with van der Waals surface area (Å²) in [5, 5.41) is 3.43. The molecule has 1 N–H and O–H groups in total.